The van der Waals surface area contributed by atoms with Gasteiger partial charge in [0.1, 0.15) is 10.7 Å². The molecule has 0 spiro atoms. The Morgan fingerprint density at radius 3 is 2.38 bits per heavy atom. The first-order valence-corrected chi connectivity index (χ1v) is 11.3. The molecule has 1 N–H and O–H groups in total. The van der Waals surface area contributed by atoms with Crippen LogP contribution in [0.2, 0.25) is 0 Å². The highest BCUT2D eigenvalue weighted by atomic mass is 32.1. The highest BCUT2D eigenvalue weighted by Gasteiger charge is 2.21. The number of thiazole rings is 1. The van der Waals surface area contributed by atoms with Gasteiger partial charge in [-0.15, -0.1) is 11.3 Å². The van der Waals surface area contributed by atoms with E-state index in [9.17, 15) is 9.59 Å². The van der Waals surface area contributed by atoms with Crippen molar-refractivity contribution in [2.75, 3.05) is 0 Å². The number of aryl methyl sites for hydroxylation is 1. The Morgan fingerprint density at radius 1 is 1.10 bits per heavy atom. The maximum absolute atomic E-state index is 13.1. The number of rotatable bonds is 10. The van der Waals surface area contributed by atoms with Crippen molar-refractivity contribution >= 4 is 23.2 Å². The van der Waals surface area contributed by atoms with Crippen LogP contribution in [0.25, 0.3) is 0 Å². The quantitative estimate of drug-likeness (QED) is 0.551. The predicted molar refractivity (Wildman–Crippen MR) is 119 cm³/mol. The molecule has 29 heavy (non-hydrogen) atoms. The maximum Gasteiger partial charge on any atom is 0.270 e. The van der Waals surface area contributed by atoms with E-state index in [0.717, 1.165) is 11.4 Å². The summed E-state index contributed by atoms with van der Waals surface area (Å²) in [4.78, 5) is 31.4. The molecule has 0 saturated heterocycles. The van der Waals surface area contributed by atoms with Crippen LogP contribution in [0, 0.1) is 0 Å². The molecule has 1 aromatic heterocycles. The van der Waals surface area contributed by atoms with Gasteiger partial charge in [-0.2, -0.15) is 0 Å². The van der Waals surface area contributed by atoms with Crippen LogP contribution in [0.5, 0.6) is 0 Å². The van der Waals surface area contributed by atoms with Crippen LogP contribution in [0.1, 0.15) is 85.3 Å². The van der Waals surface area contributed by atoms with Gasteiger partial charge in [0.15, 0.2) is 0 Å². The van der Waals surface area contributed by atoms with Crippen molar-refractivity contribution in [3.05, 3.63) is 51.5 Å². The molecule has 0 saturated carbocycles. The first kappa shape index (κ1) is 23.1. The van der Waals surface area contributed by atoms with E-state index in [0.29, 0.717) is 17.8 Å². The van der Waals surface area contributed by atoms with E-state index in [1.165, 1.54) is 36.2 Å². The Bertz CT molecular complexity index is 797. The molecule has 158 valence electrons. The second-order valence-corrected chi connectivity index (χ2v) is 8.88. The van der Waals surface area contributed by atoms with Gasteiger partial charge >= 0.3 is 0 Å². The summed E-state index contributed by atoms with van der Waals surface area (Å²) in [5.41, 5.74) is 2.37. The molecule has 1 aromatic carbocycles. The summed E-state index contributed by atoms with van der Waals surface area (Å²) in [6.07, 6.45) is 4.67. The van der Waals surface area contributed by atoms with Crippen molar-refractivity contribution in [1.82, 2.24) is 15.2 Å². The number of hydrogen-bond donors (Lipinski definition) is 1. The molecule has 6 heteroatoms. The molecule has 0 atom stereocenters. The van der Waals surface area contributed by atoms with Crippen LogP contribution >= 0.6 is 11.3 Å². The van der Waals surface area contributed by atoms with E-state index in [4.69, 9.17) is 0 Å². The van der Waals surface area contributed by atoms with Gasteiger partial charge < -0.3 is 10.2 Å². The molecule has 2 amide bonds. The molecule has 0 radical (unpaired) electrons. The Hall–Kier alpha value is -2.21. The monoisotopic (exact) mass is 415 g/mol. The molecule has 0 unspecified atom stereocenters. The molecule has 0 aliphatic rings. The van der Waals surface area contributed by atoms with E-state index < -0.39 is 0 Å². The number of benzene rings is 1. The molecule has 0 fully saturated rings. The van der Waals surface area contributed by atoms with E-state index in [-0.39, 0.29) is 23.9 Å². The Morgan fingerprint density at radius 2 is 1.79 bits per heavy atom. The fourth-order valence-electron chi connectivity index (χ4n) is 3.02. The average molecular weight is 416 g/mol. The van der Waals surface area contributed by atoms with Gasteiger partial charge in [0.05, 0.1) is 6.54 Å². The fraction of sp³-hybridized carbons (Fsp3) is 0.522. The SMILES string of the molecule is CCCCCc1ccc(C(=O)N(Cc2nc(C(=O)NC(C)C)cs2)C(C)C)cc1. The summed E-state index contributed by atoms with van der Waals surface area (Å²) < 4.78 is 0. The number of nitrogens with one attached hydrogen (secondary N) is 1. The van der Waals surface area contributed by atoms with E-state index in [1.807, 2.05) is 39.8 Å². The Balaban J connectivity index is 2.06. The van der Waals surface area contributed by atoms with Crippen LogP contribution in [0.4, 0.5) is 0 Å². The minimum absolute atomic E-state index is 0.0107. The summed E-state index contributed by atoms with van der Waals surface area (Å²) in [6.45, 7) is 10.4. The molecule has 2 rings (SSSR count). The van der Waals surface area contributed by atoms with Gasteiger partial charge in [-0.25, -0.2) is 4.98 Å². The van der Waals surface area contributed by atoms with Gasteiger partial charge in [-0.3, -0.25) is 9.59 Å². The summed E-state index contributed by atoms with van der Waals surface area (Å²) in [6, 6.07) is 8.04. The zero-order valence-electron chi connectivity index (χ0n) is 18.2. The minimum Gasteiger partial charge on any atom is -0.349 e. The molecule has 0 aliphatic carbocycles. The van der Waals surface area contributed by atoms with Gasteiger partial charge in [0.25, 0.3) is 11.8 Å². The molecule has 5 nitrogen and oxygen atoms in total. The van der Waals surface area contributed by atoms with Gasteiger partial charge in [-0.1, -0.05) is 31.9 Å². The molecule has 0 aliphatic heterocycles. The Kier molecular flexibility index (Phi) is 8.83. The molecular formula is C23H33N3O2S. The summed E-state index contributed by atoms with van der Waals surface area (Å²) >= 11 is 1.41. The topological polar surface area (TPSA) is 62.3 Å². The molecular weight excluding hydrogens is 382 g/mol. The first-order valence-electron chi connectivity index (χ1n) is 10.5. The predicted octanol–water partition coefficient (Wildman–Crippen LogP) is 5.06. The fourth-order valence-corrected chi connectivity index (χ4v) is 3.79. The average Bonchev–Trinajstić information content (AvgIpc) is 3.14. The second kappa shape index (κ2) is 11.1. The third-order valence-corrected chi connectivity index (χ3v) is 5.50. The van der Waals surface area contributed by atoms with Crippen LogP contribution in [-0.2, 0) is 13.0 Å². The van der Waals surface area contributed by atoms with Gasteiger partial charge in [0, 0.05) is 23.0 Å². The summed E-state index contributed by atoms with van der Waals surface area (Å²) in [5, 5.41) is 5.36. The zero-order valence-corrected chi connectivity index (χ0v) is 19.0. The van der Waals surface area contributed by atoms with E-state index in [2.05, 4.69) is 29.4 Å². The van der Waals surface area contributed by atoms with Crippen molar-refractivity contribution in [2.45, 2.75) is 78.9 Å². The minimum atomic E-state index is -0.177. The van der Waals surface area contributed by atoms with Crippen LogP contribution in [-0.4, -0.2) is 33.8 Å². The third kappa shape index (κ3) is 6.96. The number of carbonyl (C=O) groups excluding carboxylic acids is 2. The Labute approximate surface area is 178 Å². The highest BCUT2D eigenvalue weighted by molar-refractivity contribution is 7.09. The van der Waals surface area contributed by atoms with Gasteiger partial charge in [0.2, 0.25) is 0 Å². The lowest BCUT2D eigenvalue weighted by atomic mass is 10.0. The first-order chi connectivity index (χ1) is 13.8. The number of amides is 2. The normalized spacial score (nSPS) is 11.1. The van der Waals surface area contributed by atoms with Gasteiger partial charge in [-0.05, 0) is 58.2 Å². The number of aromatic nitrogens is 1. The number of carbonyl (C=O) groups is 2. The summed E-state index contributed by atoms with van der Waals surface area (Å²) in [7, 11) is 0. The lowest BCUT2D eigenvalue weighted by molar-refractivity contribution is 0.0690. The molecule has 0 bridgehead atoms. The van der Waals surface area contributed by atoms with Crippen molar-refractivity contribution in [1.29, 1.82) is 0 Å². The van der Waals surface area contributed by atoms with Crippen molar-refractivity contribution < 1.29 is 9.59 Å². The molecule has 2 aromatic rings. The number of hydrogen-bond acceptors (Lipinski definition) is 4. The van der Waals surface area contributed by atoms with Crippen LogP contribution in [0.15, 0.2) is 29.6 Å². The molecule has 1 heterocycles. The maximum atomic E-state index is 13.1. The summed E-state index contributed by atoms with van der Waals surface area (Å²) in [5.74, 6) is -0.188. The van der Waals surface area contributed by atoms with Crippen molar-refractivity contribution in [3.63, 3.8) is 0 Å². The lowest BCUT2D eigenvalue weighted by Gasteiger charge is -2.26. The van der Waals surface area contributed by atoms with E-state index in [1.54, 1.807) is 10.3 Å². The number of nitrogens with zero attached hydrogens (tertiary/aromatic N) is 2. The van der Waals surface area contributed by atoms with Crippen LogP contribution in [0.3, 0.4) is 0 Å². The smallest absolute Gasteiger partial charge is 0.270 e. The zero-order chi connectivity index (χ0) is 21.4. The van der Waals surface area contributed by atoms with Crippen LogP contribution < -0.4 is 5.32 Å². The van der Waals surface area contributed by atoms with Crippen molar-refractivity contribution in [3.8, 4) is 0 Å². The standard InChI is InChI=1S/C23H33N3O2S/c1-6-7-8-9-18-10-12-19(13-11-18)23(28)26(17(4)5)14-21-25-20(15-29-21)22(27)24-16(2)3/h10-13,15-17H,6-9,14H2,1-5H3,(H,24,27). The largest absolute Gasteiger partial charge is 0.349 e. The lowest BCUT2D eigenvalue weighted by Crippen LogP contribution is -2.36. The van der Waals surface area contributed by atoms with E-state index >= 15 is 0 Å². The second-order valence-electron chi connectivity index (χ2n) is 7.94. The highest BCUT2D eigenvalue weighted by Crippen LogP contribution is 2.18. The third-order valence-electron chi connectivity index (χ3n) is 4.66. The number of unbranched alkanes of at least 4 members (excludes halogenated alkanes) is 2. The van der Waals surface area contributed by atoms with Crippen molar-refractivity contribution in [2.24, 2.45) is 0 Å².